The standard InChI is InChI=1S/C26H26N4/c27-22-13-5-1-9-18(22)17-26(19-10-2-6-14-23(19)28,20-11-3-7-15-24(20)29)21-12-4-8-16-25(21)30/h1-16H,17,27-30H2. The smallest absolute Gasteiger partial charge is 0.0553 e. The highest BCUT2D eigenvalue weighted by atomic mass is 14.7. The monoisotopic (exact) mass is 394 g/mol. The molecule has 8 N–H and O–H groups in total. The van der Waals surface area contributed by atoms with Gasteiger partial charge < -0.3 is 22.9 Å². The Kier molecular flexibility index (Phi) is 5.07. The minimum Gasteiger partial charge on any atom is -0.399 e. The van der Waals surface area contributed by atoms with Crippen LogP contribution in [0.25, 0.3) is 0 Å². The van der Waals surface area contributed by atoms with E-state index < -0.39 is 5.41 Å². The molecule has 0 amide bonds. The summed E-state index contributed by atoms with van der Waals surface area (Å²) in [6.45, 7) is 0. The lowest BCUT2D eigenvalue weighted by Gasteiger charge is -2.38. The van der Waals surface area contributed by atoms with E-state index in [0.717, 1.165) is 27.9 Å². The topological polar surface area (TPSA) is 104 Å². The maximum absolute atomic E-state index is 6.56. The van der Waals surface area contributed by atoms with Crippen LogP contribution in [0.15, 0.2) is 97.1 Å². The molecular formula is C26H26N4. The van der Waals surface area contributed by atoms with Gasteiger partial charge in [0.15, 0.2) is 0 Å². The third-order valence-corrected chi connectivity index (χ3v) is 5.77. The Morgan fingerprint density at radius 3 is 1.13 bits per heavy atom. The molecule has 150 valence electrons. The molecule has 0 radical (unpaired) electrons. The lowest BCUT2D eigenvalue weighted by Crippen LogP contribution is -2.35. The van der Waals surface area contributed by atoms with Gasteiger partial charge in [-0.05, 0) is 52.9 Å². The van der Waals surface area contributed by atoms with Crippen LogP contribution in [-0.4, -0.2) is 0 Å². The fourth-order valence-electron chi connectivity index (χ4n) is 4.36. The molecule has 0 bridgehead atoms. The van der Waals surface area contributed by atoms with E-state index in [0.29, 0.717) is 23.5 Å². The minimum absolute atomic E-state index is 0.566. The van der Waals surface area contributed by atoms with E-state index in [-0.39, 0.29) is 0 Å². The first-order chi connectivity index (χ1) is 14.5. The molecule has 0 saturated heterocycles. The highest BCUT2D eigenvalue weighted by Crippen LogP contribution is 2.48. The Morgan fingerprint density at radius 1 is 0.433 bits per heavy atom. The second-order valence-corrected chi connectivity index (χ2v) is 7.54. The summed E-state index contributed by atoms with van der Waals surface area (Å²) in [4.78, 5) is 0. The predicted octanol–water partition coefficient (Wildman–Crippen LogP) is 4.59. The van der Waals surface area contributed by atoms with Gasteiger partial charge in [0.2, 0.25) is 0 Å². The Morgan fingerprint density at radius 2 is 0.767 bits per heavy atom. The zero-order valence-electron chi connectivity index (χ0n) is 16.8. The van der Waals surface area contributed by atoms with Crippen molar-refractivity contribution in [3.63, 3.8) is 0 Å². The van der Waals surface area contributed by atoms with Gasteiger partial charge in [-0.3, -0.25) is 0 Å². The van der Waals surface area contributed by atoms with E-state index in [2.05, 4.69) is 0 Å². The zero-order chi connectivity index (χ0) is 21.1. The number of rotatable bonds is 5. The van der Waals surface area contributed by atoms with Gasteiger partial charge in [-0.1, -0.05) is 72.8 Å². The van der Waals surface area contributed by atoms with Crippen molar-refractivity contribution < 1.29 is 0 Å². The van der Waals surface area contributed by atoms with E-state index in [1.807, 2.05) is 97.1 Å². The molecule has 4 aromatic carbocycles. The average molecular weight is 395 g/mol. The molecule has 4 nitrogen and oxygen atoms in total. The summed E-state index contributed by atoms with van der Waals surface area (Å²) in [5, 5.41) is 0. The first-order valence-corrected chi connectivity index (χ1v) is 9.92. The Bertz CT molecular complexity index is 1070. The van der Waals surface area contributed by atoms with Crippen LogP contribution in [0, 0.1) is 0 Å². The van der Waals surface area contributed by atoms with Gasteiger partial charge in [-0.15, -0.1) is 0 Å². The summed E-state index contributed by atoms with van der Waals surface area (Å²) in [5.41, 5.74) is 32.0. The van der Waals surface area contributed by atoms with Gasteiger partial charge in [0.05, 0.1) is 5.41 Å². The molecule has 0 heterocycles. The average Bonchev–Trinajstić information content (AvgIpc) is 2.75. The molecule has 0 aromatic heterocycles. The fraction of sp³-hybridized carbons (Fsp3) is 0.0769. The maximum atomic E-state index is 6.56. The lowest BCUT2D eigenvalue weighted by molar-refractivity contribution is 0.620. The van der Waals surface area contributed by atoms with Crippen LogP contribution in [0.3, 0.4) is 0 Å². The van der Waals surface area contributed by atoms with Gasteiger partial charge in [0, 0.05) is 22.7 Å². The summed E-state index contributed by atoms with van der Waals surface area (Å²) < 4.78 is 0. The molecule has 0 atom stereocenters. The highest BCUT2D eigenvalue weighted by molar-refractivity contribution is 5.71. The van der Waals surface area contributed by atoms with Crippen LogP contribution in [0.5, 0.6) is 0 Å². The predicted molar refractivity (Wildman–Crippen MR) is 127 cm³/mol. The molecule has 0 aliphatic heterocycles. The summed E-state index contributed by atoms with van der Waals surface area (Å²) in [7, 11) is 0. The summed E-state index contributed by atoms with van der Waals surface area (Å²) in [6.07, 6.45) is 0.566. The number of nitrogen functional groups attached to an aromatic ring is 4. The molecule has 0 fully saturated rings. The molecule has 0 aliphatic rings. The van der Waals surface area contributed by atoms with Crippen molar-refractivity contribution in [2.45, 2.75) is 11.8 Å². The molecule has 0 spiro atoms. The molecular weight excluding hydrogens is 368 g/mol. The van der Waals surface area contributed by atoms with Crippen molar-refractivity contribution in [2.24, 2.45) is 0 Å². The van der Waals surface area contributed by atoms with Crippen LogP contribution in [0.2, 0.25) is 0 Å². The Balaban J connectivity index is 2.14. The third kappa shape index (κ3) is 3.22. The molecule has 0 unspecified atom stereocenters. The zero-order valence-corrected chi connectivity index (χ0v) is 16.8. The molecule has 4 aromatic rings. The van der Waals surface area contributed by atoms with Crippen molar-refractivity contribution in [3.8, 4) is 0 Å². The summed E-state index contributed by atoms with van der Waals surface area (Å²) >= 11 is 0. The maximum Gasteiger partial charge on any atom is 0.0553 e. The second kappa shape index (κ2) is 7.84. The van der Waals surface area contributed by atoms with Crippen molar-refractivity contribution in [1.82, 2.24) is 0 Å². The molecule has 0 saturated carbocycles. The SMILES string of the molecule is Nc1ccccc1CC(c1ccccc1N)(c1ccccc1N)c1ccccc1N. The molecule has 4 heteroatoms. The molecule has 0 aliphatic carbocycles. The van der Waals surface area contributed by atoms with Crippen LogP contribution >= 0.6 is 0 Å². The van der Waals surface area contributed by atoms with E-state index in [4.69, 9.17) is 22.9 Å². The van der Waals surface area contributed by atoms with Gasteiger partial charge in [-0.25, -0.2) is 0 Å². The van der Waals surface area contributed by atoms with Gasteiger partial charge in [-0.2, -0.15) is 0 Å². The van der Waals surface area contributed by atoms with E-state index in [9.17, 15) is 0 Å². The van der Waals surface area contributed by atoms with Crippen molar-refractivity contribution in [1.29, 1.82) is 0 Å². The number of anilines is 4. The van der Waals surface area contributed by atoms with Gasteiger partial charge in [0.1, 0.15) is 0 Å². The van der Waals surface area contributed by atoms with Crippen molar-refractivity contribution in [3.05, 3.63) is 119 Å². The number of hydrogen-bond donors (Lipinski definition) is 4. The normalized spacial score (nSPS) is 11.3. The van der Waals surface area contributed by atoms with Crippen LogP contribution in [-0.2, 0) is 11.8 Å². The molecule has 30 heavy (non-hydrogen) atoms. The van der Waals surface area contributed by atoms with Crippen LogP contribution < -0.4 is 22.9 Å². The number of nitrogens with two attached hydrogens (primary N) is 4. The third-order valence-electron chi connectivity index (χ3n) is 5.77. The number of para-hydroxylation sites is 4. The largest absolute Gasteiger partial charge is 0.399 e. The van der Waals surface area contributed by atoms with Crippen molar-refractivity contribution >= 4 is 22.7 Å². The second-order valence-electron chi connectivity index (χ2n) is 7.54. The molecule has 4 rings (SSSR count). The van der Waals surface area contributed by atoms with Gasteiger partial charge >= 0.3 is 0 Å². The highest BCUT2D eigenvalue weighted by Gasteiger charge is 2.41. The number of benzene rings is 4. The first-order valence-electron chi connectivity index (χ1n) is 9.92. The Hall–Kier alpha value is -3.92. The summed E-state index contributed by atoms with van der Waals surface area (Å²) in [6, 6.07) is 31.6. The minimum atomic E-state index is -0.711. The van der Waals surface area contributed by atoms with Crippen LogP contribution in [0.1, 0.15) is 22.3 Å². The Labute approximate surface area is 177 Å². The van der Waals surface area contributed by atoms with Gasteiger partial charge in [0.25, 0.3) is 0 Å². The quantitative estimate of drug-likeness (QED) is 0.293. The van der Waals surface area contributed by atoms with Crippen molar-refractivity contribution in [2.75, 3.05) is 22.9 Å². The van der Waals surface area contributed by atoms with Crippen LogP contribution in [0.4, 0.5) is 22.7 Å². The fourth-order valence-corrected chi connectivity index (χ4v) is 4.36. The number of hydrogen-bond acceptors (Lipinski definition) is 4. The lowest BCUT2D eigenvalue weighted by atomic mass is 9.64. The van der Waals surface area contributed by atoms with E-state index >= 15 is 0 Å². The van der Waals surface area contributed by atoms with E-state index in [1.54, 1.807) is 0 Å². The first kappa shape index (κ1) is 19.4. The summed E-state index contributed by atoms with van der Waals surface area (Å²) in [5.74, 6) is 0. The van der Waals surface area contributed by atoms with E-state index in [1.165, 1.54) is 0 Å².